The molecule has 17 heavy (non-hydrogen) atoms. The minimum absolute atomic E-state index is 0.386. The van der Waals surface area contributed by atoms with Crippen LogP contribution in [0.4, 0.5) is 0 Å². The summed E-state index contributed by atoms with van der Waals surface area (Å²) in [5, 5.41) is 3.42. The molecule has 1 unspecified atom stereocenters. The van der Waals surface area contributed by atoms with Gasteiger partial charge >= 0.3 is 0 Å². The molecule has 2 saturated heterocycles. The lowest BCUT2D eigenvalue weighted by Gasteiger charge is -2.37. The van der Waals surface area contributed by atoms with Gasteiger partial charge in [0.25, 0.3) is 0 Å². The molecule has 1 amide bonds. The first kappa shape index (κ1) is 11.5. The fourth-order valence-electron chi connectivity index (χ4n) is 3.67. The van der Waals surface area contributed by atoms with Crippen molar-refractivity contribution in [3.8, 4) is 0 Å². The number of likely N-dealkylation sites (tertiary alicyclic amines) is 1. The van der Waals surface area contributed by atoms with Gasteiger partial charge in [-0.25, -0.2) is 0 Å². The lowest BCUT2D eigenvalue weighted by atomic mass is 9.83. The maximum absolute atomic E-state index is 12.4. The molecular weight excluding hydrogens is 212 g/mol. The van der Waals surface area contributed by atoms with Gasteiger partial charge in [0.15, 0.2) is 0 Å². The van der Waals surface area contributed by atoms with Gasteiger partial charge in [0.1, 0.15) is 0 Å². The number of hydrogen-bond donors (Lipinski definition) is 1. The van der Waals surface area contributed by atoms with Gasteiger partial charge < -0.3 is 10.2 Å². The summed E-state index contributed by atoms with van der Waals surface area (Å²) in [6, 6.07) is 0.574. The van der Waals surface area contributed by atoms with Crippen molar-refractivity contribution in [2.75, 3.05) is 19.6 Å². The highest BCUT2D eigenvalue weighted by molar-refractivity contribution is 5.80. The van der Waals surface area contributed by atoms with Crippen LogP contribution in [0.25, 0.3) is 0 Å². The van der Waals surface area contributed by atoms with E-state index in [-0.39, 0.29) is 0 Å². The molecule has 3 nitrogen and oxygen atoms in total. The monoisotopic (exact) mass is 236 g/mol. The number of amides is 1. The number of carbonyl (C=O) groups excluding carboxylic acids is 1. The Morgan fingerprint density at radius 1 is 1.00 bits per heavy atom. The molecule has 1 aliphatic carbocycles. The second-order valence-electron chi connectivity index (χ2n) is 5.96. The number of piperidine rings is 1. The van der Waals surface area contributed by atoms with Crippen molar-refractivity contribution in [3.05, 3.63) is 0 Å². The molecule has 2 aliphatic heterocycles. The summed E-state index contributed by atoms with van der Waals surface area (Å²) in [6.45, 7) is 3.32. The third-order valence-corrected chi connectivity index (χ3v) is 4.96. The Balaban J connectivity index is 1.63. The Kier molecular flexibility index (Phi) is 3.37. The zero-order chi connectivity index (χ0) is 11.7. The normalized spacial score (nSPS) is 31.5. The van der Waals surface area contributed by atoms with Crippen LogP contribution in [0.2, 0.25) is 0 Å². The van der Waals surface area contributed by atoms with Crippen LogP contribution in [0.1, 0.15) is 44.9 Å². The molecule has 0 aromatic heterocycles. The van der Waals surface area contributed by atoms with Gasteiger partial charge in [-0.1, -0.05) is 6.42 Å². The highest BCUT2D eigenvalue weighted by atomic mass is 16.2. The molecule has 2 heterocycles. The molecule has 3 rings (SSSR count). The summed E-state index contributed by atoms with van der Waals surface area (Å²) in [6.07, 6.45) is 8.57. The van der Waals surface area contributed by atoms with Crippen molar-refractivity contribution >= 4 is 5.91 Å². The number of rotatable bonds is 2. The van der Waals surface area contributed by atoms with Gasteiger partial charge in [-0.15, -0.1) is 0 Å². The van der Waals surface area contributed by atoms with Crippen LogP contribution in [0, 0.1) is 11.8 Å². The standard InChI is InChI=1S/C14H24N2O/c17-14(12-3-1-4-12)16-10-2-5-13(16)11-6-8-15-9-7-11/h11-13,15H,1-10H2. The van der Waals surface area contributed by atoms with Gasteiger partial charge in [-0.3, -0.25) is 4.79 Å². The summed E-state index contributed by atoms with van der Waals surface area (Å²) in [4.78, 5) is 14.6. The Morgan fingerprint density at radius 3 is 2.41 bits per heavy atom. The first-order chi connectivity index (χ1) is 8.36. The molecule has 0 aromatic rings. The average molecular weight is 236 g/mol. The molecule has 3 aliphatic rings. The SMILES string of the molecule is O=C(C1CCC1)N1CCCC1C1CCNCC1. The van der Waals surface area contributed by atoms with Crippen LogP contribution in [0.15, 0.2) is 0 Å². The molecule has 1 atom stereocenters. The quantitative estimate of drug-likeness (QED) is 0.792. The second-order valence-corrected chi connectivity index (χ2v) is 5.96. The summed E-state index contributed by atoms with van der Waals surface area (Å²) in [7, 11) is 0. The first-order valence-electron chi connectivity index (χ1n) is 7.37. The van der Waals surface area contributed by atoms with E-state index in [1.54, 1.807) is 0 Å². The van der Waals surface area contributed by atoms with Crippen molar-refractivity contribution in [1.82, 2.24) is 10.2 Å². The summed E-state index contributed by atoms with van der Waals surface area (Å²) in [5.74, 6) is 1.64. The molecule has 1 N–H and O–H groups in total. The third kappa shape index (κ3) is 2.22. The zero-order valence-corrected chi connectivity index (χ0v) is 10.7. The van der Waals surface area contributed by atoms with E-state index in [1.807, 2.05) is 0 Å². The molecule has 0 aromatic carbocycles. The molecule has 0 bridgehead atoms. The Hall–Kier alpha value is -0.570. The lowest BCUT2D eigenvalue weighted by Crippen LogP contribution is -2.47. The molecular formula is C14H24N2O. The molecule has 0 radical (unpaired) electrons. The van der Waals surface area contributed by atoms with E-state index in [9.17, 15) is 4.79 Å². The molecule has 3 fully saturated rings. The smallest absolute Gasteiger partial charge is 0.225 e. The van der Waals surface area contributed by atoms with Crippen molar-refractivity contribution in [2.24, 2.45) is 11.8 Å². The third-order valence-electron chi connectivity index (χ3n) is 4.96. The lowest BCUT2D eigenvalue weighted by molar-refractivity contribution is -0.140. The van der Waals surface area contributed by atoms with Gasteiger partial charge in [0.2, 0.25) is 5.91 Å². The second kappa shape index (κ2) is 4.97. The van der Waals surface area contributed by atoms with Gasteiger partial charge in [-0.05, 0) is 57.5 Å². The van der Waals surface area contributed by atoms with Gasteiger partial charge in [0.05, 0.1) is 0 Å². The number of carbonyl (C=O) groups is 1. The predicted molar refractivity (Wildman–Crippen MR) is 67.7 cm³/mol. The van der Waals surface area contributed by atoms with E-state index in [2.05, 4.69) is 10.2 Å². The predicted octanol–water partition coefficient (Wildman–Crippen LogP) is 1.78. The van der Waals surface area contributed by atoms with E-state index in [4.69, 9.17) is 0 Å². The Labute approximate surface area is 104 Å². The minimum atomic E-state index is 0.386. The first-order valence-corrected chi connectivity index (χ1v) is 7.37. The summed E-state index contributed by atoms with van der Waals surface area (Å²) >= 11 is 0. The maximum atomic E-state index is 12.4. The molecule has 3 heteroatoms. The van der Waals surface area contributed by atoms with Crippen molar-refractivity contribution in [1.29, 1.82) is 0 Å². The highest BCUT2D eigenvalue weighted by Gasteiger charge is 2.38. The molecule has 1 saturated carbocycles. The Morgan fingerprint density at radius 2 is 1.76 bits per heavy atom. The fraction of sp³-hybridized carbons (Fsp3) is 0.929. The zero-order valence-electron chi connectivity index (χ0n) is 10.7. The minimum Gasteiger partial charge on any atom is -0.339 e. The largest absolute Gasteiger partial charge is 0.339 e. The van der Waals surface area contributed by atoms with Crippen LogP contribution >= 0.6 is 0 Å². The fourth-order valence-corrected chi connectivity index (χ4v) is 3.67. The van der Waals surface area contributed by atoms with Gasteiger partial charge in [0, 0.05) is 18.5 Å². The van der Waals surface area contributed by atoms with E-state index in [1.165, 1.54) is 32.1 Å². The number of hydrogen-bond acceptors (Lipinski definition) is 2. The van der Waals surface area contributed by atoms with E-state index >= 15 is 0 Å². The van der Waals surface area contributed by atoms with E-state index < -0.39 is 0 Å². The van der Waals surface area contributed by atoms with Crippen molar-refractivity contribution in [3.63, 3.8) is 0 Å². The van der Waals surface area contributed by atoms with Crippen molar-refractivity contribution < 1.29 is 4.79 Å². The molecule has 0 spiro atoms. The Bertz CT molecular complexity index is 282. The van der Waals surface area contributed by atoms with Crippen LogP contribution < -0.4 is 5.32 Å². The number of nitrogens with one attached hydrogen (secondary N) is 1. The van der Waals surface area contributed by atoms with E-state index in [0.29, 0.717) is 17.9 Å². The van der Waals surface area contributed by atoms with Crippen LogP contribution in [-0.2, 0) is 4.79 Å². The van der Waals surface area contributed by atoms with Crippen molar-refractivity contribution in [2.45, 2.75) is 51.0 Å². The maximum Gasteiger partial charge on any atom is 0.225 e. The summed E-state index contributed by atoms with van der Waals surface area (Å²) in [5.41, 5.74) is 0. The van der Waals surface area contributed by atoms with E-state index in [0.717, 1.165) is 38.4 Å². The molecule has 96 valence electrons. The van der Waals surface area contributed by atoms with Crippen LogP contribution in [0.3, 0.4) is 0 Å². The van der Waals surface area contributed by atoms with Gasteiger partial charge in [-0.2, -0.15) is 0 Å². The number of nitrogens with zero attached hydrogens (tertiary/aromatic N) is 1. The topological polar surface area (TPSA) is 32.3 Å². The highest BCUT2D eigenvalue weighted by Crippen LogP contribution is 2.34. The van der Waals surface area contributed by atoms with Crippen LogP contribution in [0.5, 0.6) is 0 Å². The summed E-state index contributed by atoms with van der Waals surface area (Å²) < 4.78 is 0. The van der Waals surface area contributed by atoms with Crippen LogP contribution in [-0.4, -0.2) is 36.5 Å². The average Bonchev–Trinajstić information content (AvgIpc) is 2.76.